The zero-order valence-corrected chi connectivity index (χ0v) is 13.8. The van der Waals surface area contributed by atoms with Gasteiger partial charge in [-0.15, -0.1) is 0 Å². The van der Waals surface area contributed by atoms with E-state index in [-0.39, 0.29) is 11.9 Å². The quantitative estimate of drug-likeness (QED) is 0.891. The van der Waals surface area contributed by atoms with E-state index in [9.17, 15) is 4.79 Å². The summed E-state index contributed by atoms with van der Waals surface area (Å²) in [4.78, 5) is 16.8. The number of nitrogens with zero attached hydrogens (tertiary/aromatic N) is 3. The van der Waals surface area contributed by atoms with Gasteiger partial charge in [-0.2, -0.15) is 5.10 Å². The number of carbonyl (C=O) groups excluding carboxylic acids is 1. The van der Waals surface area contributed by atoms with E-state index in [1.54, 1.807) is 10.9 Å². The molecule has 0 radical (unpaired) electrons. The first-order valence-electron chi connectivity index (χ1n) is 7.75. The van der Waals surface area contributed by atoms with Gasteiger partial charge in [0.25, 0.3) is 5.91 Å². The van der Waals surface area contributed by atoms with Crippen LogP contribution in [0.4, 0.5) is 0 Å². The molecule has 2 rings (SSSR count). The molecule has 2 aromatic rings. The molecule has 0 aliphatic carbocycles. The van der Waals surface area contributed by atoms with E-state index in [0.29, 0.717) is 5.69 Å². The van der Waals surface area contributed by atoms with Crippen LogP contribution in [0, 0.1) is 6.92 Å². The van der Waals surface area contributed by atoms with Gasteiger partial charge in [-0.05, 0) is 38.0 Å². The minimum Gasteiger partial charge on any atom is -0.348 e. The molecule has 1 N–H and O–H groups in total. The smallest absolute Gasteiger partial charge is 0.269 e. The van der Waals surface area contributed by atoms with Gasteiger partial charge in [-0.3, -0.25) is 14.5 Å². The topological polar surface area (TPSA) is 59.8 Å². The highest BCUT2D eigenvalue weighted by Crippen LogP contribution is 2.09. The Kier molecular flexibility index (Phi) is 5.31. The van der Waals surface area contributed by atoms with Crippen molar-refractivity contribution in [2.24, 2.45) is 7.05 Å². The van der Waals surface area contributed by atoms with Crippen molar-refractivity contribution in [2.75, 3.05) is 0 Å². The van der Waals surface area contributed by atoms with Gasteiger partial charge in [0.2, 0.25) is 0 Å². The summed E-state index contributed by atoms with van der Waals surface area (Å²) in [6.45, 7) is 6.13. The number of carbonyl (C=O) groups is 1. The summed E-state index contributed by atoms with van der Waals surface area (Å²) in [6.07, 6.45) is 4.42. The fourth-order valence-electron chi connectivity index (χ4n) is 2.49. The Labute approximate surface area is 131 Å². The first kappa shape index (κ1) is 16.2. The van der Waals surface area contributed by atoms with Crippen LogP contribution < -0.4 is 5.32 Å². The predicted octanol–water partition coefficient (Wildman–Crippen LogP) is 2.44. The Bertz CT molecular complexity index is 648. The van der Waals surface area contributed by atoms with E-state index in [1.807, 2.05) is 39.1 Å². The molecule has 2 heterocycles. The lowest BCUT2D eigenvalue weighted by atomic mass is 10.1. The zero-order valence-electron chi connectivity index (χ0n) is 13.8. The minimum absolute atomic E-state index is 0.0191. The van der Waals surface area contributed by atoms with Crippen LogP contribution in [-0.2, 0) is 19.9 Å². The molecule has 0 bridgehead atoms. The summed E-state index contributed by atoms with van der Waals surface area (Å²) in [5.74, 6) is -0.0848. The maximum atomic E-state index is 12.4. The lowest BCUT2D eigenvalue weighted by Crippen LogP contribution is -2.35. The molecule has 22 heavy (non-hydrogen) atoms. The molecular weight excluding hydrogens is 276 g/mol. The molecule has 1 amide bonds. The molecule has 0 spiro atoms. The summed E-state index contributed by atoms with van der Waals surface area (Å²) < 4.78 is 1.65. The van der Waals surface area contributed by atoms with E-state index < -0.39 is 0 Å². The van der Waals surface area contributed by atoms with Crippen molar-refractivity contribution in [2.45, 2.75) is 46.1 Å². The number of aromatic nitrogens is 3. The molecule has 1 atom stereocenters. The van der Waals surface area contributed by atoms with Crippen LogP contribution in [0.15, 0.2) is 24.4 Å². The van der Waals surface area contributed by atoms with Crippen LogP contribution in [0.25, 0.3) is 0 Å². The second-order valence-corrected chi connectivity index (χ2v) is 5.74. The fourth-order valence-corrected chi connectivity index (χ4v) is 2.49. The average Bonchev–Trinajstić information content (AvgIpc) is 2.83. The maximum Gasteiger partial charge on any atom is 0.269 e. The summed E-state index contributed by atoms with van der Waals surface area (Å²) in [6, 6.07) is 5.85. The summed E-state index contributed by atoms with van der Waals surface area (Å²) in [5.41, 5.74) is 3.73. The van der Waals surface area contributed by atoms with Gasteiger partial charge in [0, 0.05) is 31.4 Å². The highest BCUT2D eigenvalue weighted by atomic mass is 16.2. The number of rotatable bonds is 6. The Hall–Kier alpha value is -2.17. The van der Waals surface area contributed by atoms with Crippen LogP contribution in [0.2, 0.25) is 0 Å². The largest absolute Gasteiger partial charge is 0.348 e. The van der Waals surface area contributed by atoms with Gasteiger partial charge in [0.15, 0.2) is 0 Å². The third-order valence-electron chi connectivity index (χ3n) is 3.66. The summed E-state index contributed by atoms with van der Waals surface area (Å²) in [7, 11) is 1.81. The van der Waals surface area contributed by atoms with Crippen molar-refractivity contribution < 1.29 is 4.79 Å². The van der Waals surface area contributed by atoms with E-state index in [4.69, 9.17) is 0 Å². The molecule has 5 nitrogen and oxygen atoms in total. The van der Waals surface area contributed by atoms with Crippen molar-refractivity contribution in [3.05, 3.63) is 47.0 Å². The lowest BCUT2D eigenvalue weighted by Gasteiger charge is -2.14. The molecule has 5 heteroatoms. The van der Waals surface area contributed by atoms with E-state index in [2.05, 4.69) is 22.3 Å². The van der Waals surface area contributed by atoms with Crippen LogP contribution in [0.3, 0.4) is 0 Å². The Morgan fingerprint density at radius 3 is 2.91 bits per heavy atom. The fraction of sp³-hybridized carbons (Fsp3) is 0.471. The van der Waals surface area contributed by atoms with Gasteiger partial charge in [0.05, 0.1) is 5.69 Å². The number of hydrogen-bond acceptors (Lipinski definition) is 3. The van der Waals surface area contributed by atoms with Gasteiger partial charge < -0.3 is 5.32 Å². The SMILES string of the molecule is CCCc1cc(C(=O)N[C@H](C)Cc2ncccc2C)n(C)n1. The van der Waals surface area contributed by atoms with Crippen LogP contribution >= 0.6 is 0 Å². The highest BCUT2D eigenvalue weighted by molar-refractivity contribution is 5.92. The van der Waals surface area contributed by atoms with Crippen LogP contribution in [-0.4, -0.2) is 26.7 Å². The van der Waals surface area contributed by atoms with Crippen molar-refractivity contribution >= 4 is 5.91 Å². The molecule has 0 fully saturated rings. The van der Waals surface area contributed by atoms with Gasteiger partial charge >= 0.3 is 0 Å². The molecule has 118 valence electrons. The highest BCUT2D eigenvalue weighted by Gasteiger charge is 2.16. The third-order valence-corrected chi connectivity index (χ3v) is 3.66. The van der Waals surface area contributed by atoms with Crippen LogP contribution in [0.1, 0.15) is 47.7 Å². The Morgan fingerprint density at radius 1 is 1.45 bits per heavy atom. The molecule has 0 aromatic carbocycles. The molecule has 0 aliphatic rings. The van der Waals surface area contributed by atoms with Crippen molar-refractivity contribution in [3.8, 4) is 0 Å². The minimum atomic E-state index is -0.0848. The number of nitrogens with one attached hydrogen (secondary N) is 1. The van der Waals surface area contributed by atoms with Crippen molar-refractivity contribution in [1.29, 1.82) is 0 Å². The Balaban J connectivity index is 2.01. The van der Waals surface area contributed by atoms with E-state index in [0.717, 1.165) is 36.2 Å². The van der Waals surface area contributed by atoms with Gasteiger partial charge in [-0.1, -0.05) is 19.4 Å². The zero-order chi connectivity index (χ0) is 16.1. The van der Waals surface area contributed by atoms with Gasteiger partial charge in [0.1, 0.15) is 5.69 Å². The Morgan fingerprint density at radius 2 is 2.23 bits per heavy atom. The predicted molar refractivity (Wildman–Crippen MR) is 86.8 cm³/mol. The number of aryl methyl sites for hydroxylation is 3. The molecule has 0 saturated heterocycles. The number of amides is 1. The molecule has 2 aromatic heterocycles. The monoisotopic (exact) mass is 300 g/mol. The molecule has 0 aliphatic heterocycles. The second-order valence-electron chi connectivity index (χ2n) is 5.74. The van der Waals surface area contributed by atoms with E-state index >= 15 is 0 Å². The number of hydrogen-bond donors (Lipinski definition) is 1. The third kappa shape index (κ3) is 3.93. The maximum absolute atomic E-state index is 12.4. The first-order chi connectivity index (χ1) is 10.5. The van der Waals surface area contributed by atoms with Gasteiger partial charge in [-0.25, -0.2) is 0 Å². The van der Waals surface area contributed by atoms with Crippen LogP contribution in [0.5, 0.6) is 0 Å². The summed E-state index contributed by atoms with van der Waals surface area (Å²) >= 11 is 0. The molecular formula is C17H24N4O. The first-order valence-corrected chi connectivity index (χ1v) is 7.75. The second kappa shape index (κ2) is 7.20. The lowest BCUT2D eigenvalue weighted by molar-refractivity contribution is 0.0930. The molecule has 0 saturated carbocycles. The van der Waals surface area contributed by atoms with Crippen molar-refractivity contribution in [1.82, 2.24) is 20.1 Å². The van der Waals surface area contributed by atoms with E-state index in [1.165, 1.54) is 0 Å². The van der Waals surface area contributed by atoms with Crippen molar-refractivity contribution in [3.63, 3.8) is 0 Å². The number of pyridine rings is 1. The normalized spacial score (nSPS) is 12.2. The summed E-state index contributed by atoms with van der Waals surface area (Å²) in [5, 5.41) is 7.40. The molecule has 0 unspecified atom stereocenters. The standard InChI is InChI=1S/C17H24N4O/c1-5-7-14-11-16(21(4)20-14)17(22)19-13(3)10-15-12(2)8-6-9-18-15/h6,8-9,11,13H,5,7,10H2,1-4H3,(H,19,22)/t13-/m1/s1. The average molecular weight is 300 g/mol.